The second-order valence-corrected chi connectivity index (χ2v) is 4.49. The monoisotopic (exact) mass is 353 g/mol. The Morgan fingerprint density at radius 2 is 1.00 bits per heavy atom. The Balaban J connectivity index is 2.97. The summed E-state index contributed by atoms with van der Waals surface area (Å²) in [5, 5.41) is 10.5. The van der Waals surface area contributed by atoms with Crippen molar-refractivity contribution in [1.82, 2.24) is 5.32 Å². The molecule has 0 rings (SSSR count). The summed E-state index contributed by atoms with van der Waals surface area (Å²) in [4.78, 5) is 10.2. The molecule has 0 aliphatic heterocycles. The molecule has 144 valence electrons. The van der Waals surface area contributed by atoms with E-state index in [1.807, 2.05) is 6.92 Å². The predicted octanol–water partition coefficient (Wildman–Crippen LogP) is 0.374. The fourth-order valence-corrected chi connectivity index (χ4v) is 1.47. The minimum atomic E-state index is -1.05. The van der Waals surface area contributed by atoms with Crippen molar-refractivity contribution in [2.75, 3.05) is 85.8 Å². The van der Waals surface area contributed by atoms with Crippen LogP contribution in [-0.2, 0) is 28.4 Å². The molecule has 9 nitrogen and oxygen atoms in total. The standard InChI is InChI=1S/C15H31NO8/c1-2-19-5-6-21-9-10-23-13-14-24-12-11-22-8-7-20-4-3-16-15(17)18/h16H,2-14H2,1H3,(H,17,18). The highest BCUT2D eigenvalue weighted by Gasteiger charge is 1.95. The minimum absolute atomic E-state index is 0.274. The van der Waals surface area contributed by atoms with E-state index in [0.29, 0.717) is 79.3 Å². The van der Waals surface area contributed by atoms with Crippen molar-refractivity contribution < 1.29 is 38.3 Å². The molecular weight excluding hydrogens is 322 g/mol. The molecule has 0 aliphatic rings. The first-order valence-corrected chi connectivity index (χ1v) is 8.20. The first-order valence-electron chi connectivity index (χ1n) is 8.20. The number of nitrogens with one attached hydrogen (secondary N) is 1. The van der Waals surface area contributed by atoms with Crippen LogP contribution < -0.4 is 5.32 Å². The average molecular weight is 353 g/mol. The highest BCUT2D eigenvalue weighted by Crippen LogP contribution is 1.84. The predicted molar refractivity (Wildman–Crippen MR) is 86.6 cm³/mol. The summed E-state index contributed by atoms with van der Waals surface area (Å²) >= 11 is 0. The normalized spacial score (nSPS) is 10.9. The Morgan fingerprint density at radius 1 is 0.667 bits per heavy atom. The van der Waals surface area contributed by atoms with Crippen LogP contribution in [0, 0.1) is 0 Å². The number of ether oxygens (including phenoxy) is 6. The van der Waals surface area contributed by atoms with Gasteiger partial charge in [0.25, 0.3) is 0 Å². The second-order valence-electron chi connectivity index (χ2n) is 4.49. The third-order valence-electron chi connectivity index (χ3n) is 2.59. The fraction of sp³-hybridized carbons (Fsp3) is 0.933. The van der Waals surface area contributed by atoms with Gasteiger partial charge >= 0.3 is 6.09 Å². The third-order valence-corrected chi connectivity index (χ3v) is 2.59. The zero-order valence-corrected chi connectivity index (χ0v) is 14.5. The lowest BCUT2D eigenvalue weighted by Crippen LogP contribution is -2.25. The fourth-order valence-electron chi connectivity index (χ4n) is 1.47. The second kappa shape index (κ2) is 20.1. The molecule has 0 unspecified atom stereocenters. The molecule has 24 heavy (non-hydrogen) atoms. The van der Waals surface area contributed by atoms with Crippen LogP contribution in [0.4, 0.5) is 4.79 Å². The minimum Gasteiger partial charge on any atom is -0.465 e. The van der Waals surface area contributed by atoms with Crippen molar-refractivity contribution in [1.29, 1.82) is 0 Å². The molecule has 0 fully saturated rings. The number of amides is 1. The van der Waals surface area contributed by atoms with E-state index in [2.05, 4.69) is 5.32 Å². The molecule has 0 aromatic rings. The number of rotatable bonds is 19. The van der Waals surface area contributed by atoms with E-state index >= 15 is 0 Å². The average Bonchev–Trinajstić information content (AvgIpc) is 2.56. The Labute approximate surface area is 143 Å². The molecule has 0 aromatic carbocycles. The largest absolute Gasteiger partial charge is 0.465 e. The summed E-state index contributed by atoms with van der Waals surface area (Å²) in [6.07, 6.45) is -1.05. The summed E-state index contributed by atoms with van der Waals surface area (Å²) in [5.41, 5.74) is 0. The molecule has 9 heteroatoms. The zero-order chi connectivity index (χ0) is 17.7. The lowest BCUT2D eigenvalue weighted by molar-refractivity contribution is -0.0160. The highest BCUT2D eigenvalue weighted by molar-refractivity contribution is 5.64. The lowest BCUT2D eigenvalue weighted by atomic mass is 10.6. The highest BCUT2D eigenvalue weighted by atomic mass is 16.6. The van der Waals surface area contributed by atoms with Crippen molar-refractivity contribution in [3.63, 3.8) is 0 Å². The van der Waals surface area contributed by atoms with E-state index in [9.17, 15) is 4.79 Å². The van der Waals surface area contributed by atoms with Crippen LogP contribution in [0.1, 0.15) is 6.92 Å². The number of carboxylic acid groups (broad SMARTS) is 1. The molecule has 1 amide bonds. The third kappa shape index (κ3) is 21.0. The van der Waals surface area contributed by atoms with Gasteiger partial charge in [0, 0.05) is 13.2 Å². The van der Waals surface area contributed by atoms with E-state index in [4.69, 9.17) is 33.5 Å². The molecule has 0 atom stereocenters. The van der Waals surface area contributed by atoms with Crippen LogP contribution in [0.5, 0.6) is 0 Å². The van der Waals surface area contributed by atoms with Gasteiger partial charge < -0.3 is 38.8 Å². The summed E-state index contributed by atoms with van der Waals surface area (Å²) in [6.45, 7) is 8.45. The molecule has 0 bridgehead atoms. The van der Waals surface area contributed by atoms with Gasteiger partial charge in [-0.2, -0.15) is 0 Å². The Morgan fingerprint density at radius 3 is 1.33 bits per heavy atom. The van der Waals surface area contributed by atoms with Crippen LogP contribution in [0.3, 0.4) is 0 Å². The Bertz CT molecular complexity index is 268. The van der Waals surface area contributed by atoms with Crippen molar-refractivity contribution in [3.05, 3.63) is 0 Å². The van der Waals surface area contributed by atoms with Crippen molar-refractivity contribution in [2.45, 2.75) is 6.92 Å². The quantitative estimate of drug-likeness (QED) is 0.321. The molecule has 0 heterocycles. The first-order chi connectivity index (χ1) is 11.8. The van der Waals surface area contributed by atoms with E-state index < -0.39 is 6.09 Å². The van der Waals surface area contributed by atoms with E-state index in [-0.39, 0.29) is 6.54 Å². The van der Waals surface area contributed by atoms with Crippen molar-refractivity contribution in [3.8, 4) is 0 Å². The molecule has 0 radical (unpaired) electrons. The van der Waals surface area contributed by atoms with Crippen LogP contribution >= 0.6 is 0 Å². The molecular formula is C15H31NO8. The van der Waals surface area contributed by atoms with Crippen LogP contribution in [0.25, 0.3) is 0 Å². The SMILES string of the molecule is CCOCCOCCOCCOCCOCCOCCNC(=O)O. The van der Waals surface area contributed by atoms with Gasteiger partial charge in [0.1, 0.15) is 0 Å². The maximum Gasteiger partial charge on any atom is 0.404 e. The van der Waals surface area contributed by atoms with Gasteiger partial charge in [0.2, 0.25) is 0 Å². The van der Waals surface area contributed by atoms with Gasteiger partial charge in [0.15, 0.2) is 0 Å². The molecule has 0 spiro atoms. The van der Waals surface area contributed by atoms with Gasteiger partial charge in [-0.15, -0.1) is 0 Å². The smallest absolute Gasteiger partial charge is 0.404 e. The van der Waals surface area contributed by atoms with Gasteiger partial charge in [-0.3, -0.25) is 0 Å². The summed E-state index contributed by atoms with van der Waals surface area (Å²) in [7, 11) is 0. The summed E-state index contributed by atoms with van der Waals surface area (Å²) < 4.78 is 31.6. The maximum atomic E-state index is 10.2. The Kier molecular flexibility index (Phi) is 19.3. The maximum absolute atomic E-state index is 10.2. The van der Waals surface area contributed by atoms with Crippen molar-refractivity contribution >= 4 is 6.09 Å². The molecule has 0 saturated carbocycles. The number of carbonyl (C=O) groups is 1. The van der Waals surface area contributed by atoms with Crippen molar-refractivity contribution in [2.24, 2.45) is 0 Å². The Hall–Kier alpha value is -0.970. The molecule has 2 N–H and O–H groups in total. The van der Waals surface area contributed by atoms with E-state index in [0.717, 1.165) is 0 Å². The topological polar surface area (TPSA) is 105 Å². The summed E-state index contributed by atoms with van der Waals surface area (Å²) in [5.74, 6) is 0. The number of hydrogen-bond donors (Lipinski definition) is 2. The zero-order valence-electron chi connectivity index (χ0n) is 14.5. The van der Waals surface area contributed by atoms with Gasteiger partial charge in [0.05, 0.1) is 72.7 Å². The van der Waals surface area contributed by atoms with Crippen LogP contribution in [0.2, 0.25) is 0 Å². The molecule has 0 aliphatic carbocycles. The number of hydrogen-bond acceptors (Lipinski definition) is 7. The van der Waals surface area contributed by atoms with E-state index in [1.165, 1.54) is 0 Å². The van der Waals surface area contributed by atoms with Gasteiger partial charge in [-0.1, -0.05) is 0 Å². The van der Waals surface area contributed by atoms with Gasteiger partial charge in [-0.25, -0.2) is 4.79 Å². The van der Waals surface area contributed by atoms with Crippen LogP contribution in [0.15, 0.2) is 0 Å². The lowest BCUT2D eigenvalue weighted by Gasteiger charge is -2.08. The van der Waals surface area contributed by atoms with Gasteiger partial charge in [-0.05, 0) is 6.92 Å². The first kappa shape index (κ1) is 23.0. The molecule has 0 saturated heterocycles. The van der Waals surface area contributed by atoms with E-state index in [1.54, 1.807) is 0 Å². The summed E-state index contributed by atoms with van der Waals surface area (Å²) in [6, 6.07) is 0. The van der Waals surface area contributed by atoms with Crippen LogP contribution in [-0.4, -0.2) is 97.0 Å². The molecule has 0 aromatic heterocycles.